The summed E-state index contributed by atoms with van der Waals surface area (Å²) in [6, 6.07) is 4.81. The summed E-state index contributed by atoms with van der Waals surface area (Å²) >= 11 is 6.05. The molecule has 1 aliphatic rings. The van der Waals surface area contributed by atoms with Gasteiger partial charge >= 0.3 is 6.03 Å². The number of amides is 3. The number of halogens is 1. The van der Waals surface area contributed by atoms with Gasteiger partial charge in [0, 0.05) is 24.3 Å². The molecule has 3 rings (SSSR count). The zero-order valence-electron chi connectivity index (χ0n) is 15.1. The fourth-order valence-corrected chi connectivity index (χ4v) is 3.12. The van der Waals surface area contributed by atoms with Gasteiger partial charge in [0.05, 0.1) is 24.8 Å². The van der Waals surface area contributed by atoms with Crippen molar-refractivity contribution in [1.82, 2.24) is 30.9 Å². The molecule has 2 atom stereocenters. The maximum absolute atomic E-state index is 12.1. The number of carbonyl (C=O) groups is 2. The topological polar surface area (TPSA) is 113 Å². The molecule has 1 aliphatic heterocycles. The third-order valence-corrected chi connectivity index (χ3v) is 4.96. The first-order valence-corrected chi connectivity index (χ1v) is 9.01. The molecule has 27 heavy (non-hydrogen) atoms. The summed E-state index contributed by atoms with van der Waals surface area (Å²) in [4.78, 5) is 23.8. The smallest absolute Gasteiger partial charge is 0.319 e. The van der Waals surface area contributed by atoms with E-state index in [1.54, 1.807) is 36.1 Å². The minimum Gasteiger partial charge on any atom is -0.358 e. The molecule has 1 fully saturated rings. The predicted molar refractivity (Wildman–Crippen MR) is 102 cm³/mol. The lowest BCUT2D eigenvalue weighted by molar-refractivity contribution is -0.122. The van der Waals surface area contributed by atoms with Crippen LogP contribution in [0.3, 0.4) is 0 Å². The molecule has 144 valence electrons. The number of carbonyl (C=O) groups excluding carboxylic acids is 2. The predicted octanol–water partition coefficient (Wildman–Crippen LogP) is 1.21. The van der Waals surface area contributed by atoms with Crippen molar-refractivity contribution in [2.24, 2.45) is 0 Å². The SMILES string of the molecule is CNC(=O)[C@@H]1C[C@@H](n2cc(CNC(=O)Nc3cccc(Cl)c3C)nn2)CN1. The van der Waals surface area contributed by atoms with Gasteiger partial charge in [0.25, 0.3) is 0 Å². The zero-order valence-corrected chi connectivity index (χ0v) is 15.9. The zero-order chi connectivity index (χ0) is 19.4. The second-order valence-electron chi connectivity index (χ2n) is 6.37. The summed E-state index contributed by atoms with van der Waals surface area (Å²) in [5.74, 6) is -0.0347. The highest BCUT2D eigenvalue weighted by molar-refractivity contribution is 6.31. The van der Waals surface area contributed by atoms with Gasteiger partial charge in [-0.15, -0.1) is 5.10 Å². The largest absolute Gasteiger partial charge is 0.358 e. The van der Waals surface area contributed by atoms with Crippen LogP contribution in [-0.4, -0.2) is 46.6 Å². The van der Waals surface area contributed by atoms with Crippen LogP contribution in [0.1, 0.15) is 23.7 Å². The maximum atomic E-state index is 12.1. The lowest BCUT2D eigenvalue weighted by atomic mass is 10.1. The number of hydrogen-bond acceptors (Lipinski definition) is 5. The summed E-state index contributed by atoms with van der Waals surface area (Å²) in [6.07, 6.45) is 2.42. The molecule has 3 amide bonds. The molecule has 0 radical (unpaired) electrons. The Hall–Kier alpha value is -2.65. The van der Waals surface area contributed by atoms with Crippen LogP contribution in [-0.2, 0) is 11.3 Å². The van der Waals surface area contributed by atoms with E-state index in [-0.39, 0.29) is 30.6 Å². The van der Waals surface area contributed by atoms with Crippen LogP contribution < -0.4 is 21.3 Å². The van der Waals surface area contributed by atoms with Gasteiger partial charge in [0.1, 0.15) is 5.69 Å². The molecule has 1 saturated heterocycles. The van der Waals surface area contributed by atoms with Crippen LogP contribution in [0.25, 0.3) is 0 Å². The molecule has 0 unspecified atom stereocenters. The van der Waals surface area contributed by atoms with Gasteiger partial charge in [-0.3, -0.25) is 4.79 Å². The van der Waals surface area contributed by atoms with Gasteiger partial charge in [0.15, 0.2) is 0 Å². The van der Waals surface area contributed by atoms with Crippen molar-refractivity contribution in [3.8, 4) is 0 Å². The molecule has 2 aromatic rings. The van der Waals surface area contributed by atoms with Crippen LogP contribution >= 0.6 is 11.6 Å². The van der Waals surface area contributed by atoms with E-state index >= 15 is 0 Å². The van der Waals surface area contributed by atoms with Crippen molar-refractivity contribution in [3.05, 3.63) is 40.7 Å². The van der Waals surface area contributed by atoms with Crippen molar-refractivity contribution in [2.45, 2.75) is 32.0 Å². The van der Waals surface area contributed by atoms with Gasteiger partial charge < -0.3 is 21.3 Å². The molecular formula is C17H22ClN7O2. The number of rotatable bonds is 5. The molecule has 0 aliphatic carbocycles. The Balaban J connectivity index is 1.52. The monoisotopic (exact) mass is 391 g/mol. The molecule has 0 spiro atoms. The number of benzene rings is 1. The van der Waals surface area contributed by atoms with E-state index in [1.807, 2.05) is 6.92 Å². The molecule has 1 aromatic heterocycles. The first kappa shape index (κ1) is 19.1. The van der Waals surface area contributed by atoms with E-state index in [0.29, 0.717) is 29.4 Å². The van der Waals surface area contributed by atoms with Crippen LogP contribution in [0.2, 0.25) is 5.02 Å². The summed E-state index contributed by atoms with van der Waals surface area (Å²) in [5, 5.41) is 20.1. The maximum Gasteiger partial charge on any atom is 0.319 e. The summed E-state index contributed by atoms with van der Waals surface area (Å²) in [6.45, 7) is 2.72. The number of nitrogens with zero attached hydrogens (tertiary/aromatic N) is 3. The standard InChI is InChI=1S/C17H22ClN7O2/c1-10-13(18)4-3-5-14(10)22-17(27)21-7-11-9-25(24-23-11)12-6-15(20-8-12)16(26)19-2/h3-5,9,12,15,20H,6-8H2,1-2H3,(H,19,26)(H2,21,22,27)/t12-,15+/m1/s1. The van der Waals surface area contributed by atoms with Crippen molar-refractivity contribution in [1.29, 1.82) is 0 Å². The van der Waals surface area contributed by atoms with Crippen molar-refractivity contribution in [3.63, 3.8) is 0 Å². The minimum atomic E-state index is -0.350. The molecule has 1 aromatic carbocycles. The molecule has 4 N–H and O–H groups in total. The van der Waals surface area contributed by atoms with Crippen LogP contribution in [0.15, 0.2) is 24.4 Å². The van der Waals surface area contributed by atoms with Gasteiger partial charge in [-0.25, -0.2) is 9.48 Å². The molecule has 9 nitrogen and oxygen atoms in total. The van der Waals surface area contributed by atoms with E-state index in [2.05, 4.69) is 31.6 Å². The second kappa shape index (κ2) is 8.36. The normalized spacial score (nSPS) is 18.9. The molecule has 0 saturated carbocycles. The highest BCUT2D eigenvalue weighted by atomic mass is 35.5. The minimum absolute atomic E-state index is 0.0347. The first-order valence-electron chi connectivity index (χ1n) is 8.63. The summed E-state index contributed by atoms with van der Waals surface area (Å²) in [7, 11) is 1.62. The van der Waals surface area contributed by atoms with Crippen molar-refractivity contribution >= 4 is 29.2 Å². The Bertz CT molecular complexity index is 838. The van der Waals surface area contributed by atoms with E-state index in [4.69, 9.17) is 11.6 Å². The highest BCUT2D eigenvalue weighted by Gasteiger charge is 2.30. The second-order valence-corrected chi connectivity index (χ2v) is 6.78. The molecule has 10 heteroatoms. The average Bonchev–Trinajstić information content (AvgIpc) is 3.32. The number of nitrogens with one attached hydrogen (secondary N) is 4. The first-order chi connectivity index (χ1) is 13.0. The van der Waals surface area contributed by atoms with Crippen LogP contribution in [0.4, 0.5) is 10.5 Å². The number of likely N-dealkylation sites (N-methyl/N-ethyl adjacent to an activating group) is 1. The van der Waals surface area contributed by atoms with Crippen LogP contribution in [0, 0.1) is 6.92 Å². The van der Waals surface area contributed by atoms with Crippen molar-refractivity contribution < 1.29 is 9.59 Å². The summed E-state index contributed by atoms with van der Waals surface area (Å²) in [5.41, 5.74) is 2.09. The fourth-order valence-electron chi connectivity index (χ4n) is 2.95. The Morgan fingerprint density at radius 2 is 2.22 bits per heavy atom. The van der Waals surface area contributed by atoms with E-state index in [1.165, 1.54) is 0 Å². The number of urea groups is 1. The summed E-state index contributed by atoms with van der Waals surface area (Å²) < 4.78 is 1.73. The average molecular weight is 392 g/mol. The third kappa shape index (κ3) is 4.55. The number of anilines is 1. The van der Waals surface area contributed by atoms with Crippen LogP contribution in [0.5, 0.6) is 0 Å². The Kier molecular flexibility index (Phi) is 5.92. The van der Waals surface area contributed by atoms with E-state index in [9.17, 15) is 9.59 Å². The Morgan fingerprint density at radius 3 is 3.00 bits per heavy atom. The fraction of sp³-hybridized carbons (Fsp3) is 0.412. The molecule has 0 bridgehead atoms. The van der Waals surface area contributed by atoms with Crippen molar-refractivity contribution in [2.75, 3.05) is 18.9 Å². The van der Waals surface area contributed by atoms with E-state index in [0.717, 1.165) is 5.56 Å². The molecular weight excluding hydrogens is 370 g/mol. The lowest BCUT2D eigenvalue weighted by Gasteiger charge is -2.10. The Labute approximate surface area is 161 Å². The van der Waals surface area contributed by atoms with Gasteiger partial charge in [-0.2, -0.15) is 0 Å². The van der Waals surface area contributed by atoms with Gasteiger partial charge in [-0.05, 0) is 31.0 Å². The van der Waals surface area contributed by atoms with E-state index < -0.39 is 0 Å². The number of hydrogen-bond donors (Lipinski definition) is 4. The van der Waals surface area contributed by atoms with Gasteiger partial charge in [-0.1, -0.05) is 22.9 Å². The van der Waals surface area contributed by atoms with Gasteiger partial charge in [0.2, 0.25) is 5.91 Å². The lowest BCUT2D eigenvalue weighted by Crippen LogP contribution is -2.38. The number of aromatic nitrogens is 3. The molecule has 2 heterocycles. The third-order valence-electron chi connectivity index (χ3n) is 4.55. The quantitative estimate of drug-likeness (QED) is 0.612. The Morgan fingerprint density at radius 1 is 1.41 bits per heavy atom. The highest BCUT2D eigenvalue weighted by Crippen LogP contribution is 2.23.